The monoisotopic (exact) mass is 335 g/mol. The number of hydrogen-bond acceptors (Lipinski definition) is 4. The van der Waals surface area contributed by atoms with Crippen LogP contribution in [0.15, 0.2) is 23.1 Å². The van der Waals surface area contributed by atoms with Crippen LogP contribution in [0.2, 0.25) is 5.02 Å². The van der Waals surface area contributed by atoms with E-state index in [1.54, 1.807) is 0 Å². The molecule has 1 saturated heterocycles. The first-order chi connectivity index (χ1) is 9.03. The summed E-state index contributed by atoms with van der Waals surface area (Å²) in [6.07, 6.45) is 2.03. The molecule has 1 aromatic rings. The van der Waals surface area contributed by atoms with Crippen molar-refractivity contribution in [1.29, 1.82) is 5.26 Å². The standard InChI is InChI=1S/C12H14ClN3O2S.ClH/c13-12-4-3-11(6-9(12)7-14)19(17,18)16-8-10-2-1-5-15-10;/h3-4,6,10,15-16H,1-2,5,8H2;1H. The Morgan fingerprint density at radius 3 is 2.85 bits per heavy atom. The number of halogens is 2. The van der Waals surface area contributed by atoms with Gasteiger partial charge in [0.2, 0.25) is 10.0 Å². The number of rotatable bonds is 4. The molecule has 1 unspecified atom stereocenters. The van der Waals surface area contributed by atoms with Gasteiger partial charge in [-0.05, 0) is 37.6 Å². The van der Waals surface area contributed by atoms with Crippen LogP contribution < -0.4 is 10.0 Å². The number of hydrogen-bond donors (Lipinski definition) is 2. The molecule has 0 aromatic heterocycles. The van der Waals surface area contributed by atoms with E-state index in [1.165, 1.54) is 18.2 Å². The molecule has 0 amide bonds. The predicted octanol–water partition coefficient (Wildman–Crippen LogP) is 1.66. The predicted molar refractivity (Wildman–Crippen MR) is 79.6 cm³/mol. The van der Waals surface area contributed by atoms with E-state index >= 15 is 0 Å². The fraction of sp³-hybridized carbons (Fsp3) is 0.417. The Morgan fingerprint density at radius 1 is 1.50 bits per heavy atom. The van der Waals surface area contributed by atoms with Crippen molar-refractivity contribution in [2.75, 3.05) is 13.1 Å². The summed E-state index contributed by atoms with van der Waals surface area (Å²) in [5.74, 6) is 0. The van der Waals surface area contributed by atoms with Crippen molar-refractivity contribution in [3.8, 4) is 6.07 Å². The van der Waals surface area contributed by atoms with E-state index in [2.05, 4.69) is 10.0 Å². The minimum Gasteiger partial charge on any atom is -0.313 e. The molecule has 8 heteroatoms. The Bertz CT molecular complexity index is 608. The molecular weight excluding hydrogens is 321 g/mol. The normalized spacial score (nSPS) is 18.3. The lowest BCUT2D eigenvalue weighted by molar-refractivity contribution is 0.552. The summed E-state index contributed by atoms with van der Waals surface area (Å²) in [6, 6.07) is 6.15. The van der Waals surface area contributed by atoms with Crippen molar-refractivity contribution < 1.29 is 8.42 Å². The number of benzene rings is 1. The molecule has 2 N–H and O–H groups in total. The summed E-state index contributed by atoms with van der Waals surface area (Å²) in [5.41, 5.74) is 0.156. The first-order valence-electron chi connectivity index (χ1n) is 5.95. The second-order valence-electron chi connectivity index (χ2n) is 4.40. The van der Waals surface area contributed by atoms with Gasteiger partial charge in [0.1, 0.15) is 6.07 Å². The molecule has 1 atom stereocenters. The van der Waals surface area contributed by atoms with Gasteiger partial charge >= 0.3 is 0 Å². The zero-order valence-electron chi connectivity index (χ0n) is 10.6. The lowest BCUT2D eigenvalue weighted by atomic mass is 10.2. The van der Waals surface area contributed by atoms with Crippen LogP contribution in [0, 0.1) is 11.3 Å². The molecule has 0 radical (unpaired) electrons. The van der Waals surface area contributed by atoms with Crippen molar-refractivity contribution in [3.63, 3.8) is 0 Å². The third kappa shape index (κ3) is 4.08. The number of nitriles is 1. The minimum atomic E-state index is -3.60. The maximum atomic E-state index is 12.1. The summed E-state index contributed by atoms with van der Waals surface area (Å²) >= 11 is 5.78. The van der Waals surface area contributed by atoms with Gasteiger partial charge in [0, 0.05) is 12.6 Å². The Morgan fingerprint density at radius 2 is 2.25 bits per heavy atom. The first kappa shape index (κ1) is 17.2. The summed E-state index contributed by atoms with van der Waals surface area (Å²) in [6.45, 7) is 1.28. The van der Waals surface area contributed by atoms with Crippen molar-refractivity contribution in [3.05, 3.63) is 28.8 Å². The van der Waals surface area contributed by atoms with E-state index in [1.807, 2.05) is 6.07 Å². The van der Waals surface area contributed by atoms with Crippen molar-refractivity contribution >= 4 is 34.0 Å². The molecule has 1 fully saturated rings. The van der Waals surface area contributed by atoms with E-state index in [-0.39, 0.29) is 33.9 Å². The van der Waals surface area contributed by atoms with Gasteiger partial charge in [-0.3, -0.25) is 0 Å². The molecule has 110 valence electrons. The highest BCUT2D eigenvalue weighted by atomic mass is 35.5. The van der Waals surface area contributed by atoms with Crippen LogP contribution in [0.1, 0.15) is 18.4 Å². The van der Waals surface area contributed by atoms with Gasteiger partial charge in [-0.1, -0.05) is 11.6 Å². The van der Waals surface area contributed by atoms with E-state index in [0.29, 0.717) is 6.54 Å². The lowest BCUT2D eigenvalue weighted by Crippen LogP contribution is -2.37. The van der Waals surface area contributed by atoms with Crippen LogP contribution in [0.5, 0.6) is 0 Å². The quantitative estimate of drug-likeness (QED) is 0.876. The molecule has 0 saturated carbocycles. The van der Waals surface area contributed by atoms with Gasteiger partial charge in [-0.15, -0.1) is 12.4 Å². The fourth-order valence-corrected chi connectivity index (χ4v) is 3.25. The molecule has 1 aliphatic heterocycles. The first-order valence-corrected chi connectivity index (χ1v) is 7.82. The van der Waals surface area contributed by atoms with Crippen LogP contribution in [0.25, 0.3) is 0 Å². The van der Waals surface area contributed by atoms with Gasteiger partial charge in [0.05, 0.1) is 15.5 Å². The Labute approximate surface area is 129 Å². The maximum absolute atomic E-state index is 12.1. The third-order valence-electron chi connectivity index (χ3n) is 3.05. The van der Waals surface area contributed by atoms with Crippen LogP contribution in [-0.2, 0) is 10.0 Å². The highest BCUT2D eigenvalue weighted by Gasteiger charge is 2.20. The van der Waals surface area contributed by atoms with E-state index < -0.39 is 10.0 Å². The zero-order valence-corrected chi connectivity index (χ0v) is 13.0. The van der Waals surface area contributed by atoms with Gasteiger partial charge in [0.15, 0.2) is 0 Å². The highest BCUT2D eigenvalue weighted by molar-refractivity contribution is 7.89. The van der Waals surface area contributed by atoms with Gasteiger partial charge in [-0.2, -0.15) is 5.26 Å². The second kappa shape index (κ2) is 7.25. The zero-order chi connectivity index (χ0) is 13.9. The third-order valence-corrected chi connectivity index (χ3v) is 4.80. The molecule has 0 aliphatic carbocycles. The molecule has 5 nitrogen and oxygen atoms in total. The number of nitrogens with one attached hydrogen (secondary N) is 2. The van der Waals surface area contributed by atoms with Crippen LogP contribution in [0.3, 0.4) is 0 Å². The van der Waals surface area contributed by atoms with Crippen LogP contribution in [0.4, 0.5) is 0 Å². The lowest BCUT2D eigenvalue weighted by Gasteiger charge is -2.12. The SMILES string of the molecule is Cl.N#Cc1cc(S(=O)(=O)NCC2CCCN2)ccc1Cl. The van der Waals surface area contributed by atoms with Gasteiger partial charge in [0.25, 0.3) is 0 Å². The maximum Gasteiger partial charge on any atom is 0.240 e. The average molecular weight is 336 g/mol. The minimum absolute atomic E-state index is 0. The molecule has 0 bridgehead atoms. The van der Waals surface area contributed by atoms with Gasteiger partial charge in [-0.25, -0.2) is 13.1 Å². The van der Waals surface area contributed by atoms with E-state index in [4.69, 9.17) is 16.9 Å². The largest absolute Gasteiger partial charge is 0.313 e. The van der Waals surface area contributed by atoms with Crippen LogP contribution in [-0.4, -0.2) is 27.5 Å². The highest BCUT2D eigenvalue weighted by Crippen LogP contribution is 2.19. The Balaban J connectivity index is 0.00000200. The molecule has 0 spiro atoms. The summed E-state index contributed by atoms with van der Waals surface area (Å²) in [5, 5.41) is 12.3. The smallest absolute Gasteiger partial charge is 0.240 e. The summed E-state index contributed by atoms with van der Waals surface area (Å²) in [7, 11) is -3.60. The summed E-state index contributed by atoms with van der Waals surface area (Å²) < 4.78 is 26.7. The molecule has 1 heterocycles. The molecule has 20 heavy (non-hydrogen) atoms. The number of nitrogens with zero attached hydrogens (tertiary/aromatic N) is 1. The second-order valence-corrected chi connectivity index (χ2v) is 6.57. The van der Waals surface area contributed by atoms with Crippen molar-refractivity contribution in [2.45, 2.75) is 23.8 Å². The van der Waals surface area contributed by atoms with Crippen LogP contribution >= 0.6 is 24.0 Å². The topological polar surface area (TPSA) is 82.0 Å². The summed E-state index contributed by atoms with van der Waals surface area (Å²) in [4.78, 5) is 0.0615. The molecular formula is C12H15Cl2N3O2S. The molecule has 1 aromatic carbocycles. The molecule has 2 rings (SSSR count). The fourth-order valence-electron chi connectivity index (χ4n) is 1.98. The van der Waals surface area contributed by atoms with Gasteiger partial charge < -0.3 is 5.32 Å². The Hall–Kier alpha value is -0.840. The Kier molecular flexibility index (Phi) is 6.24. The molecule has 1 aliphatic rings. The van der Waals surface area contributed by atoms with E-state index in [0.717, 1.165) is 19.4 Å². The average Bonchev–Trinajstić information content (AvgIpc) is 2.90. The number of sulfonamides is 1. The van der Waals surface area contributed by atoms with Crippen molar-refractivity contribution in [2.24, 2.45) is 0 Å². The van der Waals surface area contributed by atoms with E-state index in [9.17, 15) is 8.42 Å². The van der Waals surface area contributed by atoms with Crippen molar-refractivity contribution in [1.82, 2.24) is 10.0 Å².